The summed E-state index contributed by atoms with van der Waals surface area (Å²) in [5.41, 5.74) is 3.57. The second-order valence-corrected chi connectivity index (χ2v) is 10.3. The van der Waals surface area contributed by atoms with Crippen molar-refractivity contribution in [1.82, 2.24) is 9.21 Å². The van der Waals surface area contributed by atoms with E-state index in [1.807, 2.05) is 26.0 Å². The lowest BCUT2D eigenvalue weighted by Gasteiger charge is -2.33. The number of carbonyl (C=O) groups is 1. The average Bonchev–Trinajstić information content (AvgIpc) is 2.78. The fraction of sp³-hybridized carbons (Fsp3) is 0.435. The van der Waals surface area contributed by atoms with Gasteiger partial charge in [-0.25, -0.2) is 12.7 Å². The van der Waals surface area contributed by atoms with Gasteiger partial charge in [0.05, 0.1) is 25.2 Å². The number of sulfonamides is 1. The van der Waals surface area contributed by atoms with Gasteiger partial charge in [0.15, 0.2) is 11.5 Å². The first kappa shape index (κ1) is 24.0. The van der Waals surface area contributed by atoms with Crippen LogP contribution in [0.4, 0.5) is 5.69 Å². The number of fused-ring (bicyclic) bond motifs is 1. The van der Waals surface area contributed by atoms with Crippen molar-refractivity contribution in [2.45, 2.75) is 37.8 Å². The monoisotopic (exact) mass is 461 g/mol. The molecule has 0 saturated carbocycles. The van der Waals surface area contributed by atoms with Gasteiger partial charge in [-0.05, 0) is 61.2 Å². The van der Waals surface area contributed by atoms with E-state index in [0.29, 0.717) is 23.7 Å². The molecule has 9 heteroatoms. The maximum absolute atomic E-state index is 13.0. The molecule has 174 valence electrons. The summed E-state index contributed by atoms with van der Waals surface area (Å²) in [7, 11) is 2.59. The average molecular weight is 462 g/mol. The fourth-order valence-corrected chi connectivity index (χ4v) is 4.67. The number of nitrogens with zero attached hydrogens (tertiary/aromatic N) is 2. The van der Waals surface area contributed by atoms with E-state index in [1.165, 1.54) is 25.7 Å². The minimum atomic E-state index is -3.59. The normalized spacial score (nSPS) is 15.2. The van der Waals surface area contributed by atoms with Crippen LogP contribution in [0.5, 0.6) is 11.5 Å². The van der Waals surface area contributed by atoms with Crippen molar-refractivity contribution in [3.05, 3.63) is 47.0 Å². The minimum Gasteiger partial charge on any atom is -0.493 e. The van der Waals surface area contributed by atoms with Crippen LogP contribution in [0, 0.1) is 6.92 Å². The highest BCUT2D eigenvalue weighted by molar-refractivity contribution is 7.89. The molecule has 0 bridgehead atoms. The van der Waals surface area contributed by atoms with Crippen LogP contribution in [-0.4, -0.2) is 64.4 Å². The van der Waals surface area contributed by atoms with E-state index in [-0.39, 0.29) is 10.8 Å². The van der Waals surface area contributed by atoms with E-state index in [2.05, 4.69) is 10.2 Å². The molecule has 3 rings (SSSR count). The molecule has 0 aromatic heterocycles. The standard InChI is InChI=1S/C23H31N3O5S/c1-15-7-8-19(32(28,29)25(3)4)13-20(15)24-23(27)16(2)26-10-9-17-11-21(30-5)22(31-6)12-18(17)14-26/h7-8,11-13,16H,9-10,14H2,1-6H3,(H,24,27)/t16-/m0/s1. The second-order valence-electron chi connectivity index (χ2n) is 8.13. The Labute approximate surface area is 190 Å². The maximum atomic E-state index is 13.0. The maximum Gasteiger partial charge on any atom is 0.242 e. The van der Waals surface area contributed by atoms with Gasteiger partial charge in [-0.2, -0.15) is 0 Å². The van der Waals surface area contributed by atoms with Crippen molar-refractivity contribution in [3.8, 4) is 11.5 Å². The summed E-state index contributed by atoms with van der Waals surface area (Å²) < 4.78 is 36.9. The zero-order valence-corrected chi connectivity index (χ0v) is 20.2. The van der Waals surface area contributed by atoms with Crippen molar-refractivity contribution in [2.75, 3.05) is 40.2 Å². The third-order valence-electron chi connectivity index (χ3n) is 5.92. The van der Waals surface area contributed by atoms with Crippen LogP contribution in [0.3, 0.4) is 0 Å². The molecule has 8 nitrogen and oxygen atoms in total. The zero-order chi connectivity index (χ0) is 23.6. The molecule has 1 amide bonds. The number of nitrogens with one attached hydrogen (secondary N) is 1. The Balaban J connectivity index is 1.77. The minimum absolute atomic E-state index is 0.143. The number of rotatable bonds is 7. The molecular weight excluding hydrogens is 430 g/mol. The van der Waals surface area contributed by atoms with E-state index in [0.717, 1.165) is 28.4 Å². The number of hydrogen-bond donors (Lipinski definition) is 1. The Morgan fingerprint density at radius 1 is 1.09 bits per heavy atom. The van der Waals surface area contributed by atoms with Gasteiger partial charge in [-0.3, -0.25) is 9.69 Å². The lowest BCUT2D eigenvalue weighted by atomic mass is 9.97. The second kappa shape index (κ2) is 9.48. The third kappa shape index (κ3) is 4.74. The Morgan fingerprint density at radius 2 is 1.72 bits per heavy atom. The fourth-order valence-electron chi connectivity index (χ4n) is 3.75. The van der Waals surface area contributed by atoms with Gasteiger partial charge in [0.25, 0.3) is 0 Å². The van der Waals surface area contributed by atoms with E-state index in [1.54, 1.807) is 26.4 Å². The number of benzene rings is 2. The van der Waals surface area contributed by atoms with Gasteiger partial charge in [0.2, 0.25) is 15.9 Å². The first-order valence-corrected chi connectivity index (χ1v) is 11.8. The molecule has 2 aromatic carbocycles. The number of hydrogen-bond acceptors (Lipinski definition) is 6. The number of amides is 1. The van der Waals surface area contributed by atoms with Crippen molar-refractivity contribution in [1.29, 1.82) is 0 Å². The van der Waals surface area contributed by atoms with Gasteiger partial charge < -0.3 is 14.8 Å². The van der Waals surface area contributed by atoms with Crippen LogP contribution in [0.15, 0.2) is 35.2 Å². The smallest absolute Gasteiger partial charge is 0.242 e. The number of methoxy groups -OCH3 is 2. The van der Waals surface area contributed by atoms with Gasteiger partial charge in [-0.15, -0.1) is 0 Å². The summed E-state index contributed by atoms with van der Waals surface area (Å²) >= 11 is 0. The van der Waals surface area contributed by atoms with E-state index < -0.39 is 16.1 Å². The van der Waals surface area contributed by atoms with Crippen LogP contribution in [-0.2, 0) is 27.8 Å². The molecule has 0 saturated heterocycles. The van der Waals surface area contributed by atoms with Crippen molar-refractivity contribution < 1.29 is 22.7 Å². The summed E-state index contributed by atoms with van der Waals surface area (Å²) in [4.78, 5) is 15.3. The highest BCUT2D eigenvalue weighted by Gasteiger charge is 2.27. The quantitative estimate of drug-likeness (QED) is 0.682. The van der Waals surface area contributed by atoms with Gasteiger partial charge >= 0.3 is 0 Å². The molecule has 1 aliphatic heterocycles. The molecule has 32 heavy (non-hydrogen) atoms. The van der Waals surface area contributed by atoms with E-state index in [9.17, 15) is 13.2 Å². The Morgan fingerprint density at radius 3 is 2.31 bits per heavy atom. The molecular formula is C23H31N3O5S. The molecule has 1 aliphatic rings. The van der Waals surface area contributed by atoms with Crippen molar-refractivity contribution in [2.24, 2.45) is 0 Å². The summed E-state index contributed by atoms with van der Waals surface area (Å²) in [6, 6.07) is 8.32. The predicted molar refractivity (Wildman–Crippen MR) is 124 cm³/mol. The number of aryl methyl sites for hydroxylation is 1. The third-order valence-corrected chi connectivity index (χ3v) is 7.73. The van der Waals surface area contributed by atoms with Crippen LogP contribution in [0.1, 0.15) is 23.6 Å². The number of anilines is 1. The molecule has 1 atom stereocenters. The van der Waals surface area contributed by atoms with Crippen LogP contribution in [0.25, 0.3) is 0 Å². The first-order valence-electron chi connectivity index (χ1n) is 10.4. The summed E-state index contributed by atoms with van der Waals surface area (Å²) in [5, 5.41) is 2.92. The molecule has 0 aliphatic carbocycles. The molecule has 0 unspecified atom stereocenters. The van der Waals surface area contributed by atoms with Gasteiger partial charge in [-0.1, -0.05) is 6.07 Å². The number of ether oxygens (including phenoxy) is 2. The molecule has 0 spiro atoms. The molecule has 2 aromatic rings. The molecule has 0 fully saturated rings. The Hall–Kier alpha value is -2.62. The predicted octanol–water partition coefficient (Wildman–Crippen LogP) is 2.65. The van der Waals surface area contributed by atoms with Crippen LogP contribution in [0.2, 0.25) is 0 Å². The highest BCUT2D eigenvalue weighted by atomic mass is 32.2. The van der Waals surface area contributed by atoms with Crippen LogP contribution < -0.4 is 14.8 Å². The largest absolute Gasteiger partial charge is 0.493 e. The Bertz CT molecular complexity index is 1110. The highest BCUT2D eigenvalue weighted by Crippen LogP contribution is 2.33. The summed E-state index contributed by atoms with van der Waals surface area (Å²) in [5.74, 6) is 1.18. The van der Waals surface area contributed by atoms with E-state index in [4.69, 9.17) is 9.47 Å². The van der Waals surface area contributed by atoms with Crippen molar-refractivity contribution >= 4 is 21.6 Å². The topological polar surface area (TPSA) is 88.2 Å². The van der Waals surface area contributed by atoms with Gasteiger partial charge in [0, 0.05) is 32.9 Å². The SMILES string of the molecule is COc1cc2c(cc1OC)CN([C@@H](C)C(=O)Nc1cc(S(=O)(=O)N(C)C)ccc1C)CC2. The Kier molecular flexibility index (Phi) is 7.12. The lowest BCUT2D eigenvalue weighted by molar-refractivity contribution is -0.121. The molecule has 1 N–H and O–H groups in total. The zero-order valence-electron chi connectivity index (χ0n) is 19.4. The molecule has 1 heterocycles. The number of carbonyl (C=O) groups excluding carboxylic acids is 1. The van der Waals surface area contributed by atoms with Crippen molar-refractivity contribution in [3.63, 3.8) is 0 Å². The van der Waals surface area contributed by atoms with Gasteiger partial charge in [0.1, 0.15) is 0 Å². The van der Waals surface area contributed by atoms with Crippen LogP contribution >= 0.6 is 0 Å². The summed E-state index contributed by atoms with van der Waals surface area (Å²) in [6.45, 7) is 5.03. The van der Waals surface area contributed by atoms with E-state index >= 15 is 0 Å². The lowest BCUT2D eigenvalue weighted by Crippen LogP contribution is -2.44. The first-order chi connectivity index (χ1) is 15.1. The molecule has 0 radical (unpaired) electrons. The summed E-state index contributed by atoms with van der Waals surface area (Å²) in [6.07, 6.45) is 0.795.